The van der Waals surface area contributed by atoms with Crippen molar-refractivity contribution in [1.29, 1.82) is 0 Å². The Balaban J connectivity index is 2.28. The van der Waals surface area contributed by atoms with Crippen LogP contribution >= 0.6 is 11.3 Å². The highest BCUT2D eigenvalue weighted by Crippen LogP contribution is 2.24. The zero-order valence-corrected chi connectivity index (χ0v) is 11.8. The van der Waals surface area contributed by atoms with Crippen molar-refractivity contribution in [1.82, 2.24) is 0 Å². The van der Waals surface area contributed by atoms with Crippen molar-refractivity contribution in [3.05, 3.63) is 46.7 Å². The second-order valence-electron chi connectivity index (χ2n) is 4.35. The Kier molecular flexibility index (Phi) is 4.58. The van der Waals surface area contributed by atoms with Gasteiger partial charge in [-0.2, -0.15) is 0 Å². The van der Waals surface area contributed by atoms with Crippen molar-refractivity contribution in [2.24, 2.45) is 0 Å². The maximum Gasteiger partial charge on any atom is 0.270 e. The minimum absolute atomic E-state index is 0.00727. The summed E-state index contributed by atoms with van der Waals surface area (Å²) in [6, 6.07) is 11.5. The number of nitrogens with two attached hydrogens (primary N) is 1. The predicted octanol–water partition coefficient (Wildman–Crippen LogP) is 3.78. The Morgan fingerprint density at radius 2 is 2.00 bits per heavy atom. The summed E-state index contributed by atoms with van der Waals surface area (Å²) in [5.74, 6) is -0.00727. The summed E-state index contributed by atoms with van der Waals surface area (Å²) in [5, 5.41) is 1.85. The summed E-state index contributed by atoms with van der Waals surface area (Å²) < 4.78 is 0. The number of thiophene rings is 1. The largest absolute Gasteiger partial charge is 0.397 e. The first-order valence-electron chi connectivity index (χ1n) is 6.44. The van der Waals surface area contributed by atoms with Gasteiger partial charge in [-0.05, 0) is 30.0 Å². The van der Waals surface area contributed by atoms with E-state index in [0.717, 1.165) is 25.1 Å². The number of amides is 1. The molecular formula is C15H18N2OS. The molecule has 4 heteroatoms. The van der Waals surface area contributed by atoms with E-state index in [1.807, 2.05) is 40.6 Å². The molecule has 0 saturated heterocycles. The first kappa shape index (κ1) is 13.6. The first-order valence-corrected chi connectivity index (χ1v) is 7.32. The molecule has 2 aromatic rings. The van der Waals surface area contributed by atoms with Gasteiger partial charge in [-0.15, -0.1) is 11.3 Å². The van der Waals surface area contributed by atoms with Crippen LogP contribution in [0.2, 0.25) is 0 Å². The normalized spacial score (nSPS) is 10.4. The summed E-state index contributed by atoms with van der Waals surface area (Å²) in [6.45, 7) is 2.84. The minimum Gasteiger partial charge on any atom is -0.397 e. The summed E-state index contributed by atoms with van der Waals surface area (Å²) >= 11 is 1.40. The number of nitrogen functional groups attached to an aromatic ring is 1. The van der Waals surface area contributed by atoms with Gasteiger partial charge in [0.25, 0.3) is 5.91 Å². The van der Waals surface area contributed by atoms with Crippen LogP contribution in [0.4, 0.5) is 11.4 Å². The average Bonchev–Trinajstić information content (AvgIpc) is 2.86. The molecule has 0 spiro atoms. The van der Waals surface area contributed by atoms with E-state index in [2.05, 4.69) is 6.92 Å². The van der Waals surface area contributed by atoms with Crippen LogP contribution in [-0.4, -0.2) is 12.5 Å². The van der Waals surface area contributed by atoms with Crippen LogP contribution < -0.4 is 10.6 Å². The van der Waals surface area contributed by atoms with Crippen molar-refractivity contribution in [2.45, 2.75) is 19.8 Å². The molecule has 0 bridgehead atoms. The zero-order valence-electron chi connectivity index (χ0n) is 11.0. The van der Waals surface area contributed by atoms with Crippen LogP contribution in [0.1, 0.15) is 29.4 Å². The molecule has 0 aliphatic heterocycles. The fraction of sp³-hybridized carbons (Fsp3) is 0.267. The van der Waals surface area contributed by atoms with Gasteiger partial charge in [0, 0.05) is 12.2 Å². The molecule has 1 amide bonds. The standard InChI is InChI=1S/C15H18N2OS/c1-2-3-10-17(12-7-5-4-6-8-12)15(18)14-13(16)9-11-19-14/h4-9,11H,2-3,10,16H2,1H3. The molecule has 19 heavy (non-hydrogen) atoms. The zero-order chi connectivity index (χ0) is 13.7. The molecule has 1 aromatic heterocycles. The maximum atomic E-state index is 12.6. The number of anilines is 2. The van der Waals surface area contributed by atoms with Gasteiger partial charge in [0.1, 0.15) is 4.88 Å². The SMILES string of the molecule is CCCCN(C(=O)c1sccc1N)c1ccccc1. The topological polar surface area (TPSA) is 46.3 Å². The lowest BCUT2D eigenvalue weighted by Crippen LogP contribution is -2.31. The van der Waals surface area contributed by atoms with E-state index >= 15 is 0 Å². The van der Waals surface area contributed by atoms with Crippen molar-refractivity contribution >= 4 is 28.6 Å². The third kappa shape index (κ3) is 3.15. The molecule has 0 aliphatic rings. The Morgan fingerprint density at radius 1 is 1.26 bits per heavy atom. The quantitative estimate of drug-likeness (QED) is 0.902. The fourth-order valence-corrected chi connectivity index (χ4v) is 2.65. The van der Waals surface area contributed by atoms with Crippen molar-refractivity contribution in [3.63, 3.8) is 0 Å². The van der Waals surface area contributed by atoms with Gasteiger partial charge in [0.05, 0.1) is 5.69 Å². The second kappa shape index (κ2) is 6.38. The number of benzene rings is 1. The molecule has 0 aliphatic carbocycles. The number of rotatable bonds is 5. The molecule has 0 atom stereocenters. The lowest BCUT2D eigenvalue weighted by Gasteiger charge is -2.22. The van der Waals surface area contributed by atoms with E-state index in [0.29, 0.717) is 10.6 Å². The van der Waals surface area contributed by atoms with Crippen molar-refractivity contribution < 1.29 is 4.79 Å². The monoisotopic (exact) mass is 274 g/mol. The minimum atomic E-state index is -0.00727. The molecule has 2 rings (SSSR count). The van der Waals surface area contributed by atoms with Crippen LogP contribution in [0, 0.1) is 0 Å². The summed E-state index contributed by atoms with van der Waals surface area (Å²) in [4.78, 5) is 15.0. The van der Waals surface area contributed by atoms with Crippen LogP contribution in [0.3, 0.4) is 0 Å². The van der Waals surface area contributed by atoms with Crippen molar-refractivity contribution in [3.8, 4) is 0 Å². The number of hydrogen-bond acceptors (Lipinski definition) is 3. The average molecular weight is 274 g/mol. The van der Waals surface area contributed by atoms with Gasteiger partial charge in [-0.3, -0.25) is 4.79 Å². The van der Waals surface area contributed by atoms with E-state index in [4.69, 9.17) is 5.73 Å². The lowest BCUT2D eigenvalue weighted by molar-refractivity contribution is 0.0991. The summed E-state index contributed by atoms with van der Waals surface area (Å²) in [7, 11) is 0. The number of para-hydroxylation sites is 1. The number of hydrogen-bond donors (Lipinski definition) is 1. The number of nitrogens with zero attached hydrogens (tertiary/aromatic N) is 1. The highest BCUT2D eigenvalue weighted by Gasteiger charge is 2.20. The Morgan fingerprint density at radius 3 is 2.58 bits per heavy atom. The molecule has 2 N–H and O–H groups in total. The van der Waals surface area contributed by atoms with Gasteiger partial charge in [-0.25, -0.2) is 0 Å². The van der Waals surface area contributed by atoms with Gasteiger partial charge >= 0.3 is 0 Å². The molecule has 0 fully saturated rings. The van der Waals surface area contributed by atoms with E-state index in [1.165, 1.54) is 11.3 Å². The lowest BCUT2D eigenvalue weighted by atomic mass is 10.2. The number of carbonyl (C=O) groups excluding carboxylic acids is 1. The van der Waals surface area contributed by atoms with Crippen molar-refractivity contribution in [2.75, 3.05) is 17.2 Å². The molecule has 1 heterocycles. The predicted molar refractivity (Wildman–Crippen MR) is 81.8 cm³/mol. The Hall–Kier alpha value is -1.81. The molecule has 100 valence electrons. The third-order valence-electron chi connectivity index (χ3n) is 2.94. The second-order valence-corrected chi connectivity index (χ2v) is 5.27. The Labute approximate surface area is 117 Å². The smallest absolute Gasteiger partial charge is 0.270 e. The molecule has 1 aromatic carbocycles. The third-order valence-corrected chi connectivity index (χ3v) is 3.86. The first-order chi connectivity index (χ1) is 9.24. The Bertz CT molecular complexity index is 536. The molecule has 0 unspecified atom stereocenters. The number of unbranched alkanes of at least 4 members (excludes halogenated alkanes) is 1. The van der Waals surface area contributed by atoms with Gasteiger partial charge in [0.15, 0.2) is 0 Å². The highest BCUT2D eigenvalue weighted by molar-refractivity contribution is 7.12. The van der Waals surface area contributed by atoms with E-state index < -0.39 is 0 Å². The van der Waals surface area contributed by atoms with E-state index in [9.17, 15) is 4.79 Å². The molecule has 0 saturated carbocycles. The van der Waals surface area contributed by atoms with Crippen LogP contribution in [-0.2, 0) is 0 Å². The van der Waals surface area contributed by atoms with Crippen LogP contribution in [0.5, 0.6) is 0 Å². The molecular weight excluding hydrogens is 256 g/mol. The van der Waals surface area contributed by atoms with Gasteiger partial charge in [-0.1, -0.05) is 31.5 Å². The van der Waals surface area contributed by atoms with Crippen LogP contribution in [0.25, 0.3) is 0 Å². The number of carbonyl (C=O) groups is 1. The summed E-state index contributed by atoms with van der Waals surface area (Å²) in [6.07, 6.45) is 2.03. The van der Waals surface area contributed by atoms with Gasteiger partial charge in [0.2, 0.25) is 0 Å². The van der Waals surface area contributed by atoms with Crippen LogP contribution in [0.15, 0.2) is 41.8 Å². The van der Waals surface area contributed by atoms with E-state index in [-0.39, 0.29) is 5.91 Å². The molecule has 0 radical (unpaired) electrons. The fourth-order valence-electron chi connectivity index (χ4n) is 1.89. The summed E-state index contributed by atoms with van der Waals surface area (Å²) in [5.41, 5.74) is 7.34. The van der Waals surface area contributed by atoms with E-state index in [1.54, 1.807) is 6.07 Å². The highest BCUT2D eigenvalue weighted by atomic mass is 32.1. The van der Waals surface area contributed by atoms with Gasteiger partial charge < -0.3 is 10.6 Å². The molecule has 3 nitrogen and oxygen atoms in total. The maximum absolute atomic E-state index is 12.6.